The summed E-state index contributed by atoms with van der Waals surface area (Å²) in [5, 5.41) is 15.1. The second kappa shape index (κ2) is 6.09. The minimum absolute atomic E-state index is 0.424. The molecule has 2 aromatic rings. The van der Waals surface area contributed by atoms with Crippen LogP contribution in [0.25, 0.3) is 11.1 Å². The monoisotopic (exact) mass is 285 g/mol. The highest BCUT2D eigenvalue weighted by Gasteiger charge is 2.10. The average molecular weight is 286 g/mol. The summed E-state index contributed by atoms with van der Waals surface area (Å²) >= 11 is 6.23. The van der Waals surface area contributed by atoms with Crippen LogP contribution in [-0.2, 0) is 4.79 Å². The highest BCUT2D eigenvalue weighted by atomic mass is 35.5. The molecule has 0 aliphatic heterocycles. The van der Waals surface area contributed by atoms with Crippen LogP contribution in [0.15, 0.2) is 36.4 Å². The third-order valence-corrected chi connectivity index (χ3v) is 3.34. The third kappa shape index (κ3) is 2.58. The molecule has 0 heterocycles. The summed E-state index contributed by atoms with van der Waals surface area (Å²) in [7, 11) is 1.77. The van der Waals surface area contributed by atoms with Gasteiger partial charge in [0.25, 0.3) is 0 Å². The van der Waals surface area contributed by atoms with E-state index >= 15 is 0 Å². The Hall–Kier alpha value is -2.51. The van der Waals surface area contributed by atoms with Gasteiger partial charge in [-0.25, -0.2) is 0 Å². The van der Waals surface area contributed by atoms with Gasteiger partial charge in [0.1, 0.15) is 6.07 Å². The minimum atomic E-state index is 0.424. The van der Waals surface area contributed by atoms with E-state index in [0.717, 1.165) is 16.8 Å². The third-order valence-electron chi connectivity index (χ3n) is 2.93. The number of amides is 1. The highest BCUT2D eigenvalue weighted by Crippen LogP contribution is 2.34. The fourth-order valence-electron chi connectivity index (χ4n) is 1.95. The van der Waals surface area contributed by atoms with E-state index in [2.05, 4.69) is 16.7 Å². The van der Waals surface area contributed by atoms with Gasteiger partial charge in [0.2, 0.25) is 6.41 Å². The van der Waals surface area contributed by atoms with E-state index in [4.69, 9.17) is 16.9 Å². The molecule has 0 aliphatic rings. The first-order valence-electron chi connectivity index (χ1n) is 5.92. The van der Waals surface area contributed by atoms with Crippen LogP contribution >= 0.6 is 11.6 Å². The zero-order valence-corrected chi connectivity index (χ0v) is 11.5. The van der Waals surface area contributed by atoms with E-state index in [-0.39, 0.29) is 0 Å². The summed E-state index contributed by atoms with van der Waals surface area (Å²) < 4.78 is 0. The number of carbonyl (C=O) groups is 1. The first kappa shape index (κ1) is 13.9. The molecule has 5 heteroatoms. The molecule has 2 N–H and O–H groups in total. The summed E-state index contributed by atoms with van der Waals surface area (Å²) in [5.41, 5.74) is 3.53. The molecule has 0 unspecified atom stereocenters. The van der Waals surface area contributed by atoms with Crippen LogP contribution < -0.4 is 10.6 Å². The van der Waals surface area contributed by atoms with Gasteiger partial charge >= 0.3 is 0 Å². The Bertz CT molecular complexity index is 692. The van der Waals surface area contributed by atoms with E-state index < -0.39 is 0 Å². The van der Waals surface area contributed by atoms with E-state index in [9.17, 15) is 4.79 Å². The number of nitrogens with zero attached hydrogens (tertiary/aromatic N) is 1. The first-order chi connectivity index (χ1) is 9.71. The molecule has 0 aliphatic carbocycles. The molecule has 1 amide bonds. The normalized spacial score (nSPS) is 9.65. The van der Waals surface area contributed by atoms with Crippen molar-refractivity contribution in [3.8, 4) is 17.2 Å². The summed E-state index contributed by atoms with van der Waals surface area (Å²) in [6, 6.07) is 12.9. The van der Waals surface area contributed by atoms with Crippen molar-refractivity contribution in [2.45, 2.75) is 0 Å². The largest absolute Gasteiger partial charge is 0.386 e. The van der Waals surface area contributed by atoms with Gasteiger partial charge in [-0.2, -0.15) is 5.26 Å². The predicted molar refractivity (Wildman–Crippen MR) is 80.8 cm³/mol. The second-order valence-corrected chi connectivity index (χ2v) is 4.43. The molecule has 4 nitrogen and oxygen atoms in total. The van der Waals surface area contributed by atoms with Gasteiger partial charge in [-0.05, 0) is 23.8 Å². The molecular formula is C15H12ClN3O. The van der Waals surface area contributed by atoms with Gasteiger partial charge in [0, 0.05) is 12.6 Å². The van der Waals surface area contributed by atoms with Crippen LogP contribution in [0.1, 0.15) is 5.56 Å². The Kier molecular flexibility index (Phi) is 4.24. The second-order valence-electron chi connectivity index (χ2n) is 4.05. The quantitative estimate of drug-likeness (QED) is 0.845. The number of carbonyl (C=O) groups excluding carboxylic acids is 1. The van der Waals surface area contributed by atoms with E-state index in [1.54, 1.807) is 25.2 Å². The lowest BCUT2D eigenvalue weighted by Gasteiger charge is -2.12. The van der Waals surface area contributed by atoms with Gasteiger partial charge < -0.3 is 10.6 Å². The number of hydrogen-bond acceptors (Lipinski definition) is 3. The lowest BCUT2D eigenvalue weighted by atomic mass is 10.0. The fourth-order valence-corrected chi connectivity index (χ4v) is 2.23. The summed E-state index contributed by atoms with van der Waals surface area (Å²) in [6.07, 6.45) is 0.624. The number of benzene rings is 2. The molecule has 2 rings (SSSR count). The van der Waals surface area contributed by atoms with Crippen LogP contribution in [0.4, 0.5) is 11.4 Å². The van der Waals surface area contributed by atoms with Crippen molar-refractivity contribution in [2.75, 3.05) is 17.7 Å². The van der Waals surface area contributed by atoms with Crippen LogP contribution in [0.5, 0.6) is 0 Å². The van der Waals surface area contributed by atoms with Crippen LogP contribution in [-0.4, -0.2) is 13.5 Å². The Morgan fingerprint density at radius 2 is 2.05 bits per heavy atom. The molecule has 2 aromatic carbocycles. The van der Waals surface area contributed by atoms with Gasteiger partial charge in [0.05, 0.1) is 22.0 Å². The van der Waals surface area contributed by atoms with E-state index in [0.29, 0.717) is 22.7 Å². The molecule has 20 heavy (non-hydrogen) atoms. The zero-order valence-electron chi connectivity index (χ0n) is 10.8. The van der Waals surface area contributed by atoms with Crippen LogP contribution in [0.3, 0.4) is 0 Å². The van der Waals surface area contributed by atoms with Crippen molar-refractivity contribution in [3.05, 3.63) is 47.0 Å². The van der Waals surface area contributed by atoms with Crippen molar-refractivity contribution in [1.29, 1.82) is 5.26 Å². The molecule has 0 saturated heterocycles. The summed E-state index contributed by atoms with van der Waals surface area (Å²) in [4.78, 5) is 10.5. The fraction of sp³-hybridized carbons (Fsp3) is 0.0667. The topological polar surface area (TPSA) is 64.9 Å². The van der Waals surface area contributed by atoms with Gasteiger partial charge in [-0.3, -0.25) is 4.79 Å². The molecule has 0 radical (unpaired) electrons. The molecule has 0 spiro atoms. The number of rotatable bonds is 4. The predicted octanol–water partition coefficient (Wildman–Crippen LogP) is 3.49. The molecule has 100 valence electrons. The maximum atomic E-state index is 10.5. The van der Waals surface area contributed by atoms with E-state index in [1.165, 1.54) is 0 Å². The molecule has 0 bridgehead atoms. The Morgan fingerprint density at radius 1 is 1.25 bits per heavy atom. The van der Waals surface area contributed by atoms with Crippen molar-refractivity contribution < 1.29 is 4.79 Å². The van der Waals surface area contributed by atoms with Crippen LogP contribution in [0, 0.1) is 11.3 Å². The molecule has 0 aromatic heterocycles. The smallest absolute Gasteiger partial charge is 0.211 e. The minimum Gasteiger partial charge on any atom is -0.386 e. The number of nitrogens with one attached hydrogen (secondary N) is 2. The standard InChI is InChI=1S/C15H12ClN3O/c1-18-14-7-10(5-6-13(14)19-9-20)12-4-2-3-11(8-17)15(12)16/h2-7,9,18H,1H3,(H,19,20). The van der Waals surface area contributed by atoms with Gasteiger partial charge in [-0.15, -0.1) is 0 Å². The maximum absolute atomic E-state index is 10.5. The number of anilines is 2. The molecule has 0 fully saturated rings. The Morgan fingerprint density at radius 3 is 2.70 bits per heavy atom. The van der Waals surface area contributed by atoms with Crippen molar-refractivity contribution in [3.63, 3.8) is 0 Å². The average Bonchev–Trinajstić information content (AvgIpc) is 2.48. The van der Waals surface area contributed by atoms with E-state index in [1.807, 2.05) is 18.2 Å². The molecular weight excluding hydrogens is 274 g/mol. The van der Waals surface area contributed by atoms with Crippen molar-refractivity contribution in [1.82, 2.24) is 0 Å². The molecule has 0 saturated carbocycles. The summed E-state index contributed by atoms with van der Waals surface area (Å²) in [6.45, 7) is 0. The molecule has 0 atom stereocenters. The van der Waals surface area contributed by atoms with Gasteiger partial charge in [-0.1, -0.05) is 29.8 Å². The van der Waals surface area contributed by atoms with Crippen molar-refractivity contribution in [2.24, 2.45) is 0 Å². The highest BCUT2D eigenvalue weighted by molar-refractivity contribution is 6.34. The first-order valence-corrected chi connectivity index (χ1v) is 6.30. The number of nitriles is 1. The number of halogens is 1. The lowest BCUT2D eigenvalue weighted by molar-refractivity contribution is -0.105. The van der Waals surface area contributed by atoms with Gasteiger partial charge in [0.15, 0.2) is 0 Å². The SMILES string of the molecule is CNc1cc(-c2cccc(C#N)c2Cl)ccc1NC=O. The van der Waals surface area contributed by atoms with Crippen molar-refractivity contribution >= 4 is 29.4 Å². The zero-order chi connectivity index (χ0) is 14.5. The maximum Gasteiger partial charge on any atom is 0.211 e. The number of hydrogen-bond donors (Lipinski definition) is 2. The Balaban J connectivity index is 2.54. The Labute approximate surface area is 122 Å². The summed E-state index contributed by atoms with van der Waals surface area (Å²) in [5.74, 6) is 0. The van der Waals surface area contributed by atoms with Crippen LogP contribution in [0.2, 0.25) is 5.02 Å². The lowest BCUT2D eigenvalue weighted by Crippen LogP contribution is -1.99.